The molecule has 0 radical (unpaired) electrons. The van der Waals surface area contributed by atoms with Crippen LogP contribution in [0.2, 0.25) is 0 Å². The van der Waals surface area contributed by atoms with E-state index in [0.29, 0.717) is 11.3 Å². The van der Waals surface area contributed by atoms with Crippen LogP contribution in [0.25, 0.3) is 6.08 Å². The van der Waals surface area contributed by atoms with Crippen LogP contribution in [0, 0.1) is 11.3 Å². The normalized spacial score (nSPS) is 12.2. The molecule has 5 heteroatoms. The maximum absolute atomic E-state index is 12.4. The van der Waals surface area contributed by atoms with Crippen molar-refractivity contribution in [1.29, 1.82) is 5.26 Å². The van der Waals surface area contributed by atoms with E-state index >= 15 is 0 Å². The van der Waals surface area contributed by atoms with Crippen LogP contribution in [-0.4, -0.2) is 13.0 Å². The molecule has 0 aliphatic heterocycles. The molecule has 0 aliphatic carbocycles. The number of hydrogen-bond acceptors (Lipinski definition) is 3. The number of nitriles is 1. The second-order valence-electron chi connectivity index (χ2n) is 5.16. The van der Waals surface area contributed by atoms with Gasteiger partial charge in [0.25, 0.3) is 5.91 Å². The van der Waals surface area contributed by atoms with Gasteiger partial charge in [0.2, 0.25) is 0 Å². The molecule has 1 N–H and O–H groups in total. The third kappa shape index (κ3) is 4.46. The Morgan fingerprint density at radius 3 is 2.62 bits per heavy atom. The highest BCUT2D eigenvalue weighted by molar-refractivity contribution is 9.10. The number of hydrogen-bond donors (Lipinski definition) is 1. The van der Waals surface area contributed by atoms with Gasteiger partial charge in [-0.3, -0.25) is 4.79 Å². The Balaban J connectivity index is 2.23. The molecule has 2 aromatic carbocycles. The maximum Gasteiger partial charge on any atom is 0.262 e. The summed E-state index contributed by atoms with van der Waals surface area (Å²) in [5.41, 5.74) is 1.66. The second-order valence-corrected chi connectivity index (χ2v) is 6.08. The molecule has 122 valence electrons. The number of methoxy groups -OCH3 is 1. The molecule has 0 saturated heterocycles. The first-order chi connectivity index (χ1) is 11.5. The van der Waals surface area contributed by atoms with Crippen LogP contribution >= 0.6 is 15.9 Å². The van der Waals surface area contributed by atoms with E-state index in [1.165, 1.54) is 6.08 Å². The monoisotopic (exact) mass is 384 g/mol. The van der Waals surface area contributed by atoms with Crippen molar-refractivity contribution >= 4 is 27.9 Å². The second kappa shape index (κ2) is 8.32. The minimum absolute atomic E-state index is 0.0224. The molecular weight excluding hydrogens is 368 g/mol. The zero-order valence-corrected chi connectivity index (χ0v) is 15.0. The van der Waals surface area contributed by atoms with Gasteiger partial charge in [-0.25, -0.2) is 0 Å². The van der Waals surface area contributed by atoms with Crippen molar-refractivity contribution in [2.45, 2.75) is 13.0 Å². The van der Waals surface area contributed by atoms with Gasteiger partial charge in [-0.15, -0.1) is 0 Å². The Bertz CT molecular complexity index is 795. The molecule has 24 heavy (non-hydrogen) atoms. The molecule has 1 atom stereocenters. The van der Waals surface area contributed by atoms with E-state index in [4.69, 9.17) is 4.74 Å². The molecule has 2 rings (SSSR count). The van der Waals surface area contributed by atoms with Crippen molar-refractivity contribution < 1.29 is 9.53 Å². The molecule has 2 aromatic rings. The number of carbonyl (C=O) groups excluding carboxylic acids is 1. The summed E-state index contributed by atoms with van der Waals surface area (Å²) < 4.78 is 6.11. The third-order valence-corrected chi connectivity index (χ3v) is 4.00. The summed E-state index contributed by atoms with van der Waals surface area (Å²) in [4.78, 5) is 12.4. The molecule has 0 fully saturated rings. The minimum atomic E-state index is -0.420. The van der Waals surface area contributed by atoms with E-state index in [0.717, 1.165) is 10.0 Å². The Morgan fingerprint density at radius 2 is 2.00 bits per heavy atom. The Labute approximate surface area is 149 Å². The predicted octanol–water partition coefficient (Wildman–Crippen LogP) is 4.24. The average Bonchev–Trinajstić information content (AvgIpc) is 2.60. The molecule has 4 nitrogen and oxygen atoms in total. The van der Waals surface area contributed by atoms with Gasteiger partial charge in [0.15, 0.2) is 0 Å². The summed E-state index contributed by atoms with van der Waals surface area (Å²) in [7, 11) is 1.55. The summed E-state index contributed by atoms with van der Waals surface area (Å²) in [5, 5.41) is 12.2. The Kier molecular flexibility index (Phi) is 6.16. The van der Waals surface area contributed by atoms with E-state index in [2.05, 4.69) is 21.2 Å². The quantitative estimate of drug-likeness (QED) is 0.619. The van der Waals surface area contributed by atoms with Crippen LogP contribution in [0.4, 0.5) is 0 Å². The lowest BCUT2D eigenvalue weighted by molar-refractivity contribution is -0.117. The van der Waals surface area contributed by atoms with E-state index in [1.54, 1.807) is 19.2 Å². The van der Waals surface area contributed by atoms with E-state index in [9.17, 15) is 10.1 Å². The number of rotatable bonds is 5. The maximum atomic E-state index is 12.4. The van der Waals surface area contributed by atoms with Crippen LogP contribution in [0.5, 0.6) is 5.75 Å². The van der Waals surface area contributed by atoms with Crippen LogP contribution in [0.1, 0.15) is 24.1 Å². The Hall–Kier alpha value is -2.58. The lowest BCUT2D eigenvalue weighted by Gasteiger charge is -2.14. The number of carbonyl (C=O) groups is 1. The molecular formula is C19H17BrN2O2. The van der Waals surface area contributed by atoms with Gasteiger partial charge < -0.3 is 10.1 Å². The fourth-order valence-corrected chi connectivity index (χ4v) is 2.60. The van der Waals surface area contributed by atoms with Crippen molar-refractivity contribution in [2.24, 2.45) is 0 Å². The van der Waals surface area contributed by atoms with Crippen LogP contribution in [-0.2, 0) is 4.79 Å². The fourth-order valence-electron chi connectivity index (χ4n) is 2.22. The highest BCUT2D eigenvalue weighted by atomic mass is 79.9. The summed E-state index contributed by atoms with van der Waals surface area (Å²) >= 11 is 3.38. The van der Waals surface area contributed by atoms with E-state index in [1.807, 2.05) is 49.4 Å². The van der Waals surface area contributed by atoms with Gasteiger partial charge in [0.1, 0.15) is 17.4 Å². The van der Waals surface area contributed by atoms with Crippen LogP contribution < -0.4 is 10.1 Å². The highest BCUT2D eigenvalue weighted by Crippen LogP contribution is 2.25. The SMILES string of the molecule is COc1ccc(Br)cc1/C=C(/C#N)C(=O)N[C@H](C)c1ccccc1. The number of nitrogens with zero attached hydrogens (tertiary/aromatic N) is 1. The topological polar surface area (TPSA) is 62.1 Å². The average molecular weight is 385 g/mol. The smallest absolute Gasteiger partial charge is 0.262 e. The molecule has 0 unspecified atom stereocenters. The number of halogens is 1. The van der Waals surface area contributed by atoms with Gasteiger partial charge in [0, 0.05) is 10.0 Å². The summed E-state index contributed by atoms with van der Waals surface area (Å²) in [6.07, 6.45) is 1.52. The van der Waals surface area contributed by atoms with Crippen molar-refractivity contribution in [3.63, 3.8) is 0 Å². The van der Waals surface area contributed by atoms with E-state index < -0.39 is 5.91 Å². The third-order valence-electron chi connectivity index (χ3n) is 3.50. The predicted molar refractivity (Wildman–Crippen MR) is 97.3 cm³/mol. The summed E-state index contributed by atoms with van der Waals surface area (Å²) in [6.45, 7) is 1.88. The van der Waals surface area contributed by atoms with Crippen molar-refractivity contribution in [3.05, 3.63) is 69.7 Å². The van der Waals surface area contributed by atoms with Gasteiger partial charge in [-0.05, 0) is 36.8 Å². The fraction of sp³-hybridized carbons (Fsp3) is 0.158. The number of ether oxygens (including phenoxy) is 1. The molecule has 0 saturated carbocycles. The molecule has 0 aliphatic rings. The zero-order valence-electron chi connectivity index (χ0n) is 13.4. The van der Waals surface area contributed by atoms with Crippen molar-refractivity contribution in [2.75, 3.05) is 7.11 Å². The number of amides is 1. The molecule has 1 amide bonds. The minimum Gasteiger partial charge on any atom is -0.496 e. The van der Waals surface area contributed by atoms with Gasteiger partial charge in [-0.1, -0.05) is 46.3 Å². The lowest BCUT2D eigenvalue weighted by atomic mass is 10.1. The van der Waals surface area contributed by atoms with Crippen LogP contribution in [0.15, 0.2) is 58.6 Å². The lowest BCUT2D eigenvalue weighted by Crippen LogP contribution is -2.27. The molecule has 0 spiro atoms. The molecule has 0 bridgehead atoms. The Morgan fingerprint density at radius 1 is 1.29 bits per heavy atom. The summed E-state index contributed by atoms with van der Waals surface area (Å²) in [6, 6.07) is 16.8. The van der Waals surface area contributed by atoms with E-state index in [-0.39, 0.29) is 11.6 Å². The molecule has 0 heterocycles. The largest absolute Gasteiger partial charge is 0.496 e. The first kappa shape index (κ1) is 17.8. The van der Waals surface area contributed by atoms with Crippen LogP contribution in [0.3, 0.4) is 0 Å². The first-order valence-electron chi connectivity index (χ1n) is 7.36. The van der Waals surface area contributed by atoms with Gasteiger partial charge in [0.05, 0.1) is 13.2 Å². The first-order valence-corrected chi connectivity index (χ1v) is 8.15. The summed E-state index contributed by atoms with van der Waals surface area (Å²) in [5.74, 6) is 0.172. The molecule has 0 aromatic heterocycles. The standard InChI is InChI=1S/C19H17BrN2O2/c1-13(14-6-4-3-5-7-14)22-19(23)16(12-21)10-15-11-17(20)8-9-18(15)24-2/h3-11,13H,1-2H3,(H,22,23)/b16-10-/t13-/m1/s1. The van der Waals surface area contributed by atoms with Gasteiger partial charge >= 0.3 is 0 Å². The van der Waals surface area contributed by atoms with Crippen molar-refractivity contribution in [1.82, 2.24) is 5.32 Å². The van der Waals surface area contributed by atoms with Gasteiger partial charge in [-0.2, -0.15) is 5.26 Å². The van der Waals surface area contributed by atoms with Crippen molar-refractivity contribution in [3.8, 4) is 11.8 Å². The highest BCUT2D eigenvalue weighted by Gasteiger charge is 2.14. The zero-order chi connectivity index (χ0) is 17.5. The number of nitrogens with one attached hydrogen (secondary N) is 1. The number of benzene rings is 2.